The van der Waals surface area contributed by atoms with E-state index < -0.39 is 5.97 Å². The summed E-state index contributed by atoms with van der Waals surface area (Å²) < 4.78 is 10.5. The van der Waals surface area contributed by atoms with E-state index in [4.69, 9.17) is 14.2 Å². The van der Waals surface area contributed by atoms with Crippen molar-refractivity contribution in [3.63, 3.8) is 0 Å². The van der Waals surface area contributed by atoms with Crippen molar-refractivity contribution in [3.05, 3.63) is 35.7 Å². The minimum atomic E-state index is -0.617. The number of ether oxygens (including phenoxy) is 1. The lowest BCUT2D eigenvalue weighted by molar-refractivity contribution is 0.0508. The average molecular weight is 494 g/mol. The quantitative estimate of drug-likeness (QED) is 0.473. The summed E-state index contributed by atoms with van der Waals surface area (Å²) in [6.07, 6.45) is 7.22. The first kappa shape index (κ1) is 24.6. The summed E-state index contributed by atoms with van der Waals surface area (Å²) >= 11 is 0. The molecule has 3 aromatic rings. The molecule has 5 rings (SSSR count). The van der Waals surface area contributed by atoms with E-state index in [0.717, 1.165) is 35.2 Å². The van der Waals surface area contributed by atoms with Crippen LogP contribution >= 0.6 is 0 Å². The van der Waals surface area contributed by atoms with Crippen LogP contribution in [0.5, 0.6) is 0 Å². The molecule has 1 aliphatic heterocycles. The Labute approximate surface area is 211 Å². The number of nitrogens with one attached hydrogen (secondary N) is 1. The molecule has 2 unspecified atom stereocenters. The number of hydrogen-bond donors (Lipinski definition) is 2. The zero-order chi connectivity index (χ0) is 25.1. The van der Waals surface area contributed by atoms with Crippen LogP contribution in [0, 0.1) is 12.8 Å². The second-order valence-corrected chi connectivity index (χ2v) is 9.98. The summed E-state index contributed by atoms with van der Waals surface area (Å²) in [5.41, 5.74) is 2.66. The molecule has 2 atom stereocenters. The van der Waals surface area contributed by atoms with E-state index in [2.05, 4.69) is 26.4 Å². The third-order valence-corrected chi connectivity index (χ3v) is 7.39. The van der Waals surface area contributed by atoms with Crippen LogP contribution in [0.1, 0.15) is 61.6 Å². The number of carbonyl (C=O) groups is 1. The van der Waals surface area contributed by atoms with Gasteiger partial charge in [-0.05, 0) is 56.5 Å². The van der Waals surface area contributed by atoms with Crippen molar-refractivity contribution in [2.75, 3.05) is 31.2 Å². The van der Waals surface area contributed by atoms with E-state index in [1.807, 2.05) is 25.1 Å². The third-order valence-electron chi connectivity index (χ3n) is 7.39. The zero-order valence-electron chi connectivity index (χ0n) is 21.1. The number of aryl methyl sites for hydroxylation is 1. The van der Waals surface area contributed by atoms with E-state index in [-0.39, 0.29) is 36.9 Å². The minimum absolute atomic E-state index is 0.0850. The fourth-order valence-electron chi connectivity index (χ4n) is 5.50. The maximum absolute atomic E-state index is 12.1. The minimum Gasteiger partial charge on any atom is -0.460 e. The highest BCUT2D eigenvalue weighted by molar-refractivity contribution is 5.89. The van der Waals surface area contributed by atoms with Gasteiger partial charge in [0, 0.05) is 43.1 Å². The highest BCUT2D eigenvalue weighted by atomic mass is 16.5. The Morgan fingerprint density at radius 1 is 1.19 bits per heavy atom. The number of piperidine rings is 1. The molecule has 0 radical (unpaired) electrons. The number of nitrogens with zero attached hydrogens (tertiary/aromatic N) is 4. The topological polar surface area (TPSA) is 114 Å². The van der Waals surface area contributed by atoms with Gasteiger partial charge in [-0.25, -0.2) is 9.78 Å². The first-order chi connectivity index (χ1) is 17.6. The molecule has 9 nitrogen and oxygen atoms in total. The lowest BCUT2D eigenvalue weighted by Crippen LogP contribution is -2.53. The van der Waals surface area contributed by atoms with Gasteiger partial charge < -0.3 is 24.6 Å². The van der Waals surface area contributed by atoms with Gasteiger partial charge in [0.1, 0.15) is 5.82 Å². The molecule has 0 spiro atoms. The number of esters is 1. The number of anilines is 1. The van der Waals surface area contributed by atoms with E-state index in [1.165, 1.54) is 32.1 Å². The third kappa shape index (κ3) is 5.22. The summed E-state index contributed by atoms with van der Waals surface area (Å²) in [7, 11) is 0. The number of aromatic nitrogens is 3. The van der Waals surface area contributed by atoms with Crippen LogP contribution < -0.4 is 10.2 Å². The highest BCUT2D eigenvalue weighted by Gasteiger charge is 2.33. The fourth-order valence-corrected chi connectivity index (χ4v) is 5.50. The van der Waals surface area contributed by atoms with E-state index in [9.17, 15) is 9.90 Å². The van der Waals surface area contributed by atoms with Crippen molar-refractivity contribution >= 4 is 22.7 Å². The predicted octanol–water partition coefficient (Wildman–Crippen LogP) is 3.88. The highest BCUT2D eigenvalue weighted by Crippen LogP contribution is 2.35. The average Bonchev–Trinajstić information content (AvgIpc) is 3.39. The van der Waals surface area contributed by atoms with Crippen LogP contribution in [0.2, 0.25) is 0 Å². The fraction of sp³-hybridized carbons (Fsp3) is 0.556. The van der Waals surface area contributed by atoms with Crippen LogP contribution in [0.4, 0.5) is 5.82 Å². The summed E-state index contributed by atoms with van der Waals surface area (Å²) in [6, 6.07) is 8.93. The van der Waals surface area contributed by atoms with Crippen molar-refractivity contribution in [2.45, 2.75) is 64.5 Å². The molecule has 1 saturated carbocycles. The molecule has 2 N–H and O–H groups in total. The number of hydrogen-bond acceptors (Lipinski definition) is 9. The van der Waals surface area contributed by atoms with Crippen LogP contribution in [0.3, 0.4) is 0 Å². The van der Waals surface area contributed by atoms with Gasteiger partial charge in [-0.2, -0.15) is 4.98 Å². The number of carbonyl (C=O) groups excluding carboxylic acids is 1. The maximum atomic E-state index is 12.1. The van der Waals surface area contributed by atoms with E-state index in [0.29, 0.717) is 18.2 Å². The first-order valence-corrected chi connectivity index (χ1v) is 13.1. The van der Waals surface area contributed by atoms with E-state index >= 15 is 0 Å². The van der Waals surface area contributed by atoms with Gasteiger partial charge in [-0.1, -0.05) is 30.9 Å². The molecule has 9 heteroatoms. The molecular weight excluding hydrogens is 458 g/mol. The van der Waals surface area contributed by atoms with E-state index in [1.54, 1.807) is 6.92 Å². The lowest BCUT2D eigenvalue weighted by atomic mass is 9.89. The largest absolute Gasteiger partial charge is 0.460 e. The number of aliphatic hydroxyl groups excluding tert-OH is 1. The Hall–Kier alpha value is -3.04. The van der Waals surface area contributed by atoms with Gasteiger partial charge in [0.15, 0.2) is 0 Å². The number of fused-ring (bicyclic) bond motifs is 1. The Kier molecular flexibility index (Phi) is 7.48. The summed E-state index contributed by atoms with van der Waals surface area (Å²) in [4.78, 5) is 23.7. The van der Waals surface area contributed by atoms with Crippen molar-refractivity contribution in [1.82, 2.24) is 20.4 Å². The Balaban J connectivity index is 1.46. The maximum Gasteiger partial charge on any atom is 0.379 e. The van der Waals surface area contributed by atoms with Gasteiger partial charge in [-0.15, -0.1) is 0 Å². The second-order valence-electron chi connectivity index (χ2n) is 9.98. The second kappa shape index (κ2) is 10.9. The van der Waals surface area contributed by atoms with Crippen molar-refractivity contribution in [3.8, 4) is 11.5 Å². The van der Waals surface area contributed by atoms with Crippen LogP contribution in [-0.2, 0) is 4.74 Å². The molecule has 2 fully saturated rings. The zero-order valence-corrected chi connectivity index (χ0v) is 21.1. The Morgan fingerprint density at radius 2 is 2.03 bits per heavy atom. The summed E-state index contributed by atoms with van der Waals surface area (Å²) in [6.45, 7) is 5.56. The van der Waals surface area contributed by atoms with Crippen LogP contribution in [-0.4, -0.2) is 64.6 Å². The first-order valence-electron chi connectivity index (χ1n) is 13.1. The Bertz CT molecular complexity index is 1210. The molecule has 36 heavy (non-hydrogen) atoms. The monoisotopic (exact) mass is 493 g/mol. The standard InChI is InChI=1S/C27H35N5O4/c1-3-35-27(34)24-30-26(36-31-24)21-14-18-13-17(2)9-10-22(18)29-25(21)32-12-11-23(19(15-32)16-33)28-20-7-5-4-6-8-20/h9-10,13-14,19-20,23,28,33H,3-8,11-12,15-16H2,1-2H3. The van der Waals surface area contributed by atoms with Crippen molar-refractivity contribution in [2.24, 2.45) is 5.92 Å². The van der Waals surface area contributed by atoms with Gasteiger partial charge in [0.25, 0.3) is 11.7 Å². The van der Waals surface area contributed by atoms with Crippen LogP contribution in [0.15, 0.2) is 28.8 Å². The van der Waals surface area contributed by atoms with Gasteiger partial charge in [0.05, 0.1) is 17.7 Å². The molecule has 2 aromatic heterocycles. The number of benzene rings is 1. The van der Waals surface area contributed by atoms with Gasteiger partial charge in [0.2, 0.25) is 0 Å². The number of pyridine rings is 1. The lowest BCUT2D eigenvalue weighted by Gasteiger charge is -2.41. The summed E-state index contributed by atoms with van der Waals surface area (Å²) in [5, 5.41) is 18.9. The molecule has 0 bridgehead atoms. The van der Waals surface area contributed by atoms with Crippen molar-refractivity contribution < 1.29 is 19.2 Å². The molecule has 1 aliphatic carbocycles. The van der Waals surface area contributed by atoms with Gasteiger partial charge in [-0.3, -0.25) is 0 Å². The molecule has 3 heterocycles. The Morgan fingerprint density at radius 3 is 2.81 bits per heavy atom. The van der Waals surface area contributed by atoms with Gasteiger partial charge >= 0.3 is 5.97 Å². The number of aliphatic hydroxyl groups is 1. The molecule has 192 valence electrons. The molecule has 1 saturated heterocycles. The van der Waals surface area contributed by atoms with Crippen LogP contribution in [0.25, 0.3) is 22.4 Å². The SMILES string of the molecule is CCOC(=O)c1noc(-c2cc3cc(C)ccc3nc2N2CCC(NC3CCCCC3)C(CO)C2)n1. The smallest absolute Gasteiger partial charge is 0.379 e. The summed E-state index contributed by atoms with van der Waals surface area (Å²) in [5.74, 6) is 0.313. The number of rotatable bonds is 7. The molecule has 1 aromatic carbocycles. The normalized spacial score (nSPS) is 21.1. The molecular formula is C27H35N5O4. The molecule has 0 amide bonds. The van der Waals surface area contributed by atoms with Crippen molar-refractivity contribution in [1.29, 1.82) is 0 Å². The predicted molar refractivity (Wildman–Crippen MR) is 137 cm³/mol. The molecule has 2 aliphatic rings.